The third-order valence-electron chi connectivity index (χ3n) is 2.65. The van der Waals surface area contributed by atoms with Crippen LogP contribution < -0.4 is 11.4 Å². The zero-order valence-electron chi connectivity index (χ0n) is 9.90. The number of benzene rings is 1. The van der Waals surface area contributed by atoms with Crippen LogP contribution in [-0.4, -0.2) is 9.97 Å². The molecule has 1 aromatic heterocycles. The highest BCUT2D eigenvalue weighted by Crippen LogP contribution is 2.20. The molecule has 4 nitrogen and oxygen atoms in total. The Hall–Kier alpha value is -2.10. The zero-order chi connectivity index (χ0) is 12.4. The maximum atomic E-state index is 11.2. The number of aromatic nitrogens is 2. The van der Waals surface area contributed by atoms with Gasteiger partial charge in [-0.05, 0) is 17.0 Å². The number of nitrogens with zero attached hydrogens (tertiary/aromatic N) is 1. The summed E-state index contributed by atoms with van der Waals surface area (Å²) < 4.78 is 0. The molecule has 0 aliphatic carbocycles. The first kappa shape index (κ1) is 11.4. The molecule has 17 heavy (non-hydrogen) atoms. The first-order valence-corrected chi connectivity index (χ1v) is 5.53. The number of rotatable bonds is 2. The molecule has 0 aliphatic rings. The average Bonchev–Trinajstić information content (AvgIpc) is 2.28. The van der Waals surface area contributed by atoms with Crippen molar-refractivity contribution in [1.82, 2.24) is 9.97 Å². The van der Waals surface area contributed by atoms with E-state index in [0.717, 1.165) is 5.56 Å². The van der Waals surface area contributed by atoms with Gasteiger partial charge in [-0.25, -0.2) is 4.79 Å². The predicted octanol–water partition coefficient (Wildman–Crippen LogP) is 2.14. The summed E-state index contributed by atoms with van der Waals surface area (Å²) >= 11 is 0. The van der Waals surface area contributed by atoms with Gasteiger partial charge in [-0.15, -0.1) is 0 Å². The predicted molar refractivity (Wildman–Crippen MR) is 68.8 cm³/mol. The number of H-pyrrole nitrogens is 1. The number of nitrogens with two attached hydrogens (primary N) is 1. The Morgan fingerprint density at radius 3 is 2.41 bits per heavy atom. The number of anilines is 1. The van der Waals surface area contributed by atoms with E-state index in [1.54, 1.807) is 6.07 Å². The second-order valence-corrected chi connectivity index (χ2v) is 4.30. The van der Waals surface area contributed by atoms with Gasteiger partial charge in [0.05, 0.1) is 5.69 Å². The fourth-order valence-electron chi connectivity index (χ4n) is 1.68. The molecule has 0 amide bonds. The monoisotopic (exact) mass is 229 g/mol. The summed E-state index contributed by atoms with van der Waals surface area (Å²) in [5, 5.41) is 0. The lowest BCUT2D eigenvalue weighted by Crippen LogP contribution is -2.12. The van der Waals surface area contributed by atoms with Crippen molar-refractivity contribution >= 4 is 5.82 Å². The Morgan fingerprint density at radius 2 is 1.88 bits per heavy atom. The summed E-state index contributed by atoms with van der Waals surface area (Å²) in [5.74, 6) is 0.724. The Kier molecular flexibility index (Phi) is 2.95. The Morgan fingerprint density at radius 1 is 1.24 bits per heavy atom. The van der Waals surface area contributed by atoms with Gasteiger partial charge in [-0.3, -0.25) is 0 Å². The van der Waals surface area contributed by atoms with Crippen molar-refractivity contribution in [2.24, 2.45) is 0 Å². The molecule has 0 atom stereocenters. The van der Waals surface area contributed by atoms with Gasteiger partial charge in [0.1, 0.15) is 5.82 Å². The van der Waals surface area contributed by atoms with Crippen LogP contribution in [0.3, 0.4) is 0 Å². The molecular weight excluding hydrogens is 214 g/mol. The van der Waals surface area contributed by atoms with E-state index >= 15 is 0 Å². The molecule has 0 spiro atoms. The second-order valence-electron chi connectivity index (χ2n) is 4.30. The maximum Gasteiger partial charge on any atom is 0.347 e. The summed E-state index contributed by atoms with van der Waals surface area (Å²) in [7, 11) is 0. The van der Waals surface area contributed by atoms with Crippen LogP contribution in [0.1, 0.15) is 25.3 Å². The molecule has 0 unspecified atom stereocenters. The van der Waals surface area contributed by atoms with E-state index in [1.165, 1.54) is 5.56 Å². The Balaban J connectivity index is 2.43. The minimum absolute atomic E-state index is 0.233. The highest BCUT2D eigenvalue weighted by molar-refractivity contribution is 5.61. The molecule has 2 aromatic rings. The molecule has 1 aromatic carbocycles. The SMILES string of the molecule is CC(C)c1ccc(-c2cc(N)nc(=O)[nH]2)cc1. The van der Waals surface area contributed by atoms with Crippen LogP contribution in [0.4, 0.5) is 5.82 Å². The minimum atomic E-state index is -0.423. The highest BCUT2D eigenvalue weighted by Gasteiger charge is 2.03. The molecule has 1 heterocycles. The molecule has 88 valence electrons. The van der Waals surface area contributed by atoms with Crippen LogP contribution in [0.5, 0.6) is 0 Å². The van der Waals surface area contributed by atoms with Gasteiger partial charge in [0.2, 0.25) is 0 Å². The summed E-state index contributed by atoms with van der Waals surface area (Å²) in [5.41, 5.74) is 8.01. The standard InChI is InChI=1S/C13H15N3O/c1-8(2)9-3-5-10(6-4-9)11-7-12(14)16-13(17)15-11/h3-8H,1-2H3,(H3,14,15,16,17). The van der Waals surface area contributed by atoms with Gasteiger partial charge in [-0.2, -0.15) is 4.98 Å². The average molecular weight is 229 g/mol. The van der Waals surface area contributed by atoms with Crippen LogP contribution in [-0.2, 0) is 0 Å². The van der Waals surface area contributed by atoms with Gasteiger partial charge < -0.3 is 10.7 Å². The Labute approximate surface area is 99.5 Å². The van der Waals surface area contributed by atoms with Crippen molar-refractivity contribution in [3.63, 3.8) is 0 Å². The van der Waals surface area contributed by atoms with E-state index in [-0.39, 0.29) is 5.82 Å². The molecule has 3 N–H and O–H groups in total. The van der Waals surface area contributed by atoms with E-state index in [0.29, 0.717) is 11.6 Å². The molecule has 0 fully saturated rings. The number of nitrogen functional groups attached to an aromatic ring is 1. The quantitative estimate of drug-likeness (QED) is 0.828. The third-order valence-corrected chi connectivity index (χ3v) is 2.65. The van der Waals surface area contributed by atoms with Crippen molar-refractivity contribution in [2.75, 3.05) is 5.73 Å². The summed E-state index contributed by atoms with van der Waals surface area (Å²) in [6.45, 7) is 4.28. The molecule has 0 saturated heterocycles. The number of hydrogen-bond donors (Lipinski definition) is 2. The molecule has 0 aliphatic heterocycles. The molecule has 0 saturated carbocycles. The lowest BCUT2D eigenvalue weighted by atomic mass is 10.0. The third kappa shape index (κ3) is 2.53. The van der Waals surface area contributed by atoms with E-state index in [2.05, 4.69) is 35.9 Å². The van der Waals surface area contributed by atoms with Gasteiger partial charge in [-0.1, -0.05) is 38.1 Å². The topological polar surface area (TPSA) is 71.8 Å². The fraction of sp³-hybridized carbons (Fsp3) is 0.231. The molecule has 0 radical (unpaired) electrons. The largest absolute Gasteiger partial charge is 0.383 e. The van der Waals surface area contributed by atoms with Crippen LogP contribution in [0.2, 0.25) is 0 Å². The minimum Gasteiger partial charge on any atom is -0.383 e. The summed E-state index contributed by atoms with van der Waals surface area (Å²) in [6, 6.07) is 9.70. The van der Waals surface area contributed by atoms with Crippen LogP contribution >= 0.6 is 0 Å². The van der Waals surface area contributed by atoms with E-state index < -0.39 is 5.69 Å². The van der Waals surface area contributed by atoms with Gasteiger partial charge >= 0.3 is 5.69 Å². The number of nitrogens with one attached hydrogen (secondary N) is 1. The van der Waals surface area contributed by atoms with Gasteiger partial charge in [0, 0.05) is 6.07 Å². The lowest BCUT2D eigenvalue weighted by molar-refractivity contribution is 0.867. The van der Waals surface area contributed by atoms with Crippen molar-refractivity contribution in [2.45, 2.75) is 19.8 Å². The van der Waals surface area contributed by atoms with Crippen LogP contribution in [0.25, 0.3) is 11.3 Å². The summed E-state index contributed by atoms with van der Waals surface area (Å²) in [4.78, 5) is 17.5. The van der Waals surface area contributed by atoms with Crippen molar-refractivity contribution in [3.8, 4) is 11.3 Å². The van der Waals surface area contributed by atoms with Gasteiger partial charge in [0.15, 0.2) is 0 Å². The van der Waals surface area contributed by atoms with Crippen molar-refractivity contribution in [1.29, 1.82) is 0 Å². The number of hydrogen-bond acceptors (Lipinski definition) is 3. The second kappa shape index (κ2) is 4.41. The fourth-order valence-corrected chi connectivity index (χ4v) is 1.68. The van der Waals surface area contributed by atoms with Crippen molar-refractivity contribution < 1.29 is 0 Å². The van der Waals surface area contributed by atoms with Gasteiger partial charge in [0.25, 0.3) is 0 Å². The summed E-state index contributed by atoms with van der Waals surface area (Å²) in [6.07, 6.45) is 0. The van der Waals surface area contributed by atoms with Crippen molar-refractivity contribution in [3.05, 3.63) is 46.4 Å². The molecule has 0 bridgehead atoms. The van der Waals surface area contributed by atoms with E-state index in [4.69, 9.17) is 5.73 Å². The van der Waals surface area contributed by atoms with Crippen LogP contribution in [0.15, 0.2) is 35.1 Å². The zero-order valence-corrected chi connectivity index (χ0v) is 9.90. The maximum absolute atomic E-state index is 11.2. The van der Waals surface area contributed by atoms with E-state index in [9.17, 15) is 4.79 Å². The number of aromatic amines is 1. The first-order chi connectivity index (χ1) is 8.06. The molecule has 4 heteroatoms. The smallest absolute Gasteiger partial charge is 0.347 e. The lowest BCUT2D eigenvalue weighted by Gasteiger charge is -2.07. The Bertz CT molecular complexity index is 570. The van der Waals surface area contributed by atoms with E-state index in [1.807, 2.05) is 12.1 Å². The highest BCUT2D eigenvalue weighted by atomic mass is 16.1. The normalized spacial score (nSPS) is 10.8. The van der Waals surface area contributed by atoms with Crippen LogP contribution in [0, 0.1) is 0 Å². The first-order valence-electron chi connectivity index (χ1n) is 5.53. The molecular formula is C13H15N3O. The molecule has 2 rings (SSSR count).